The van der Waals surface area contributed by atoms with Gasteiger partial charge in [-0.3, -0.25) is 0 Å². The Labute approximate surface area is 498 Å². The van der Waals surface area contributed by atoms with Gasteiger partial charge in [0.2, 0.25) is 0 Å². The third-order valence-corrected chi connectivity index (χ3v) is 108. The van der Waals surface area contributed by atoms with Crippen LogP contribution in [0.3, 0.4) is 0 Å². The average Bonchev–Trinajstić information content (AvgIpc) is 1.53. The van der Waals surface area contributed by atoms with E-state index in [0.717, 1.165) is 23.0 Å². The number of hydrogen-bond acceptors (Lipinski definition) is 4. The zero-order chi connectivity index (χ0) is 57.7. The molecule has 2 aliphatic heterocycles. The van der Waals surface area contributed by atoms with Crippen LogP contribution in [0.5, 0.6) is 23.0 Å². The first-order chi connectivity index (χ1) is 40.1. The van der Waals surface area contributed by atoms with Gasteiger partial charge in [-0.05, 0) is 0 Å². The molecular formula is C74H72Cl2O4Si2Zr. The van der Waals surface area contributed by atoms with Crippen molar-refractivity contribution in [1.82, 2.24) is 0 Å². The molecule has 0 saturated carbocycles. The Morgan fingerprint density at radius 2 is 0.590 bits per heavy atom. The fourth-order valence-electron chi connectivity index (χ4n) is 21.2. The Bertz CT molecular complexity index is 3620. The van der Waals surface area contributed by atoms with Crippen molar-refractivity contribution in [3.05, 3.63) is 308 Å². The SMILES string of the molecule is COc1cccc(C2C=CC=CC3=C2C=C(C)[C]32[SiH](C)[C]3(C(C)=CC4=C3C=CC=CC4c3cccc(OC)c3)[Zr]23([Cl])([Cl])[C]2(C(C)=CC4=C2C=CC=CC4c2cccc(OC)c2)[SiH](C)[C]32C(C)=CC3=C2C=CC=CC3c2cccc(OC)c2)c1. The van der Waals surface area contributed by atoms with Crippen LogP contribution in [0.15, 0.2) is 285 Å². The topological polar surface area (TPSA) is 36.9 Å². The first-order valence-electron chi connectivity index (χ1n) is 29.5. The van der Waals surface area contributed by atoms with E-state index in [4.69, 9.17) is 18.9 Å². The van der Waals surface area contributed by atoms with Gasteiger partial charge in [-0.25, -0.2) is 0 Å². The Morgan fingerprint density at radius 3 is 0.807 bits per heavy atom. The van der Waals surface area contributed by atoms with Crippen molar-refractivity contribution in [1.29, 1.82) is 0 Å². The van der Waals surface area contributed by atoms with Crippen LogP contribution in [0, 0.1) is 0 Å². The zero-order valence-electron chi connectivity index (χ0n) is 49.1. The van der Waals surface area contributed by atoms with Crippen molar-refractivity contribution < 1.29 is 33.9 Å². The number of hydrogen-bond donors (Lipinski definition) is 0. The molecule has 0 amide bonds. The summed E-state index contributed by atoms with van der Waals surface area (Å²) in [5.41, 5.74) is 20.5. The molecule has 14 rings (SSSR count). The summed E-state index contributed by atoms with van der Waals surface area (Å²) < 4.78 is 21.0. The fraction of sp³-hybridized carbons (Fsp3) is 0.243. The third kappa shape index (κ3) is 5.85. The predicted molar refractivity (Wildman–Crippen MR) is 348 cm³/mol. The second-order valence-electron chi connectivity index (χ2n) is 25.0. The van der Waals surface area contributed by atoms with Crippen LogP contribution in [-0.2, 0) is 14.9 Å². The Hall–Kier alpha value is -6.18. The molecule has 0 radical (unpaired) electrons. The van der Waals surface area contributed by atoms with E-state index in [1.165, 1.54) is 89.1 Å². The maximum absolute atomic E-state index is 11.3. The summed E-state index contributed by atoms with van der Waals surface area (Å²) in [4.78, 5) is 0. The number of methoxy groups -OCH3 is 4. The van der Waals surface area contributed by atoms with Crippen LogP contribution in [-0.4, -0.2) is 46.0 Å². The number of rotatable bonds is 8. The number of halogens is 2. The molecule has 10 aliphatic rings. The first kappa shape index (κ1) is 54.7. The Morgan fingerprint density at radius 1 is 0.361 bits per heavy atom. The number of allylic oxidation sites excluding steroid dienone is 32. The molecule has 4 aromatic rings. The van der Waals surface area contributed by atoms with Gasteiger partial charge in [0.25, 0.3) is 0 Å². The van der Waals surface area contributed by atoms with Crippen LogP contribution in [0.2, 0.25) is 24.1 Å². The summed E-state index contributed by atoms with van der Waals surface area (Å²) in [7, 11) is 24.6. The third-order valence-electron chi connectivity index (χ3n) is 22.9. The summed E-state index contributed by atoms with van der Waals surface area (Å²) in [5, 5.41) is 0. The average molecular weight is 1240 g/mol. The molecule has 0 bridgehead atoms. The first-order valence-corrected chi connectivity index (χ1v) is 45.4. The molecule has 8 aliphatic carbocycles. The van der Waals surface area contributed by atoms with Gasteiger partial charge in [0.15, 0.2) is 0 Å². The minimum atomic E-state index is -7.61. The molecule has 2 saturated heterocycles. The van der Waals surface area contributed by atoms with E-state index in [9.17, 15) is 17.0 Å². The van der Waals surface area contributed by atoms with E-state index >= 15 is 0 Å². The van der Waals surface area contributed by atoms with Gasteiger partial charge in [0, 0.05) is 0 Å². The van der Waals surface area contributed by atoms with Crippen molar-refractivity contribution in [2.75, 3.05) is 28.4 Å². The molecular weight excluding hydrogens is 1170 g/mol. The molecule has 5 spiro atoms. The molecule has 2 fully saturated rings. The molecule has 418 valence electrons. The van der Waals surface area contributed by atoms with Gasteiger partial charge in [-0.1, -0.05) is 0 Å². The normalized spacial score (nSPS) is 33.7. The number of fused-ring (bicyclic) bond motifs is 8. The van der Waals surface area contributed by atoms with Crippen LogP contribution >= 0.6 is 17.0 Å². The molecule has 4 aromatic carbocycles. The van der Waals surface area contributed by atoms with Crippen molar-refractivity contribution in [2.24, 2.45) is 0 Å². The number of ether oxygens (including phenoxy) is 4. The zero-order valence-corrected chi connectivity index (χ0v) is 55.4. The molecule has 83 heavy (non-hydrogen) atoms. The van der Waals surface area contributed by atoms with Crippen LogP contribution in [0.1, 0.15) is 73.6 Å². The summed E-state index contributed by atoms with van der Waals surface area (Å²) >= 11 is -7.61. The van der Waals surface area contributed by atoms with E-state index in [1.54, 1.807) is 28.4 Å². The second-order valence-corrected chi connectivity index (χ2v) is 64.9. The molecule has 2 heterocycles. The van der Waals surface area contributed by atoms with Gasteiger partial charge in [-0.15, -0.1) is 0 Å². The Kier molecular flexibility index (Phi) is 12.3. The second kappa shape index (κ2) is 18.7. The van der Waals surface area contributed by atoms with E-state index in [-0.39, 0.29) is 23.7 Å². The van der Waals surface area contributed by atoms with Crippen molar-refractivity contribution >= 4 is 34.6 Å². The van der Waals surface area contributed by atoms with Gasteiger partial charge in [-0.2, -0.15) is 0 Å². The number of benzene rings is 4. The summed E-state index contributed by atoms with van der Waals surface area (Å²) in [6.45, 7) is 15.3. The predicted octanol–water partition coefficient (Wildman–Crippen LogP) is 18.8. The molecule has 4 nitrogen and oxygen atoms in total. The Balaban J connectivity index is 1.20. The molecule has 8 atom stereocenters. The van der Waals surface area contributed by atoms with E-state index < -0.39 is 43.5 Å². The molecule has 0 N–H and O–H groups in total. The standard InChI is InChI=1S/2C37H36O2Si.2ClH.Zr/c2*1-24-20-34-30(26-12-10-14-28(22-26)38-3)16-6-8-18-32(34)36(24)40(5)37-25(2)21-35-31(17-7-9-19-33(35)37)27-13-11-15-29(23-27)39-4;;;/h2*6-23,30-31,40H,1-5H3;2*1H;/q;;;;+2/p-2. The molecule has 0 aromatic heterocycles. The van der Waals surface area contributed by atoms with Gasteiger partial charge >= 0.3 is 503 Å². The molecule has 9 heteroatoms. The van der Waals surface area contributed by atoms with Gasteiger partial charge in [0.1, 0.15) is 0 Å². The maximum atomic E-state index is 11.3. The summed E-state index contributed by atoms with van der Waals surface area (Å²) in [5.74, 6) is 2.98. The van der Waals surface area contributed by atoms with Crippen molar-refractivity contribution in [3.8, 4) is 23.0 Å². The van der Waals surface area contributed by atoms with Crippen molar-refractivity contribution in [2.45, 2.75) is 75.4 Å². The van der Waals surface area contributed by atoms with Gasteiger partial charge in [0.05, 0.1) is 0 Å². The van der Waals surface area contributed by atoms with E-state index in [1.807, 2.05) is 0 Å². The summed E-state index contributed by atoms with van der Waals surface area (Å²) in [6, 6.07) is 34.7. The van der Waals surface area contributed by atoms with E-state index in [2.05, 4.69) is 259 Å². The quantitative estimate of drug-likeness (QED) is 0.165. The van der Waals surface area contributed by atoms with Crippen LogP contribution < -0.4 is 18.9 Å². The van der Waals surface area contributed by atoms with Crippen LogP contribution in [0.25, 0.3) is 0 Å². The van der Waals surface area contributed by atoms with Crippen LogP contribution in [0.4, 0.5) is 0 Å². The minimum absolute atomic E-state index is 0.0929. The van der Waals surface area contributed by atoms with Gasteiger partial charge < -0.3 is 0 Å². The van der Waals surface area contributed by atoms with Crippen molar-refractivity contribution in [3.63, 3.8) is 0 Å². The fourth-order valence-corrected chi connectivity index (χ4v) is 145. The van der Waals surface area contributed by atoms with E-state index in [0.29, 0.717) is 0 Å². The monoisotopic (exact) mass is 1240 g/mol. The summed E-state index contributed by atoms with van der Waals surface area (Å²) in [6.07, 6.45) is 48.3. The molecule has 8 unspecified atom stereocenters.